The van der Waals surface area contributed by atoms with Crippen LogP contribution >= 0.6 is 0 Å². The molecule has 0 aromatic heterocycles. The van der Waals surface area contributed by atoms with Gasteiger partial charge in [-0.2, -0.15) is 83.4 Å². The highest BCUT2D eigenvalue weighted by molar-refractivity contribution is 5.78. The van der Waals surface area contributed by atoms with Crippen LogP contribution in [0.5, 0.6) is 0 Å². The normalized spacial score (nSPS) is 15.9. The number of hydrogen-bond donors (Lipinski definition) is 3. The number of halogens is 19. The van der Waals surface area contributed by atoms with E-state index in [0.29, 0.717) is 0 Å². The quantitative estimate of drug-likeness (QED) is 0.208. The zero-order valence-corrected chi connectivity index (χ0v) is 17.2. The van der Waals surface area contributed by atoms with Crippen LogP contribution in [0.15, 0.2) is 12.7 Å². The van der Waals surface area contributed by atoms with Crippen molar-refractivity contribution in [1.82, 2.24) is 0 Å². The van der Waals surface area contributed by atoms with Gasteiger partial charge in [0.2, 0.25) is 0 Å². The summed E-state index contributed by atoms with van der Waals surface area (Å²) in [7, 11) is 0. The van der Waals surface area contributed by atoms with Gasteiger partial charge in [0, 0.05) is 12.5 Å². The number of carboxylic acids is 1. The summed E-state index contributed by atoms with van der Waals surface area (Å²) in [5.74, 6) is -68.2. The van der Waals surface area contributed by atoms with Crippen molar-refractivity contribution >= 4 is 5.97 Å². The first-order valence-electron chi connectivity index (χ1n) is 8.46. The first-order valence-corrected chi connectivity index (χ1v) is 8.46. The van der Waals surface area contributed by atoms with Gasteiger partial charge in [0.15, 0.2) is 0 Å². The van der Waals surface area contributed by atoms with Gasteiger partial charge in [-0.15, -0.1) is 0 Å². The summed E-state index contributed by atoms with van der Waals surface area (Å²) < 4.78 is 246. The maximum atomic E-state index is 13.4. The van der Waals surface area contributed by atoms with Crippen LogP contribution in [0, 0.1) is 0 Å². The van der Waals surface area contributed by atoms with Gasteiger partial charge in [-0.25, -0.2) is 4.79 Å². The third-order valence-electron chi connectivity index (χ3n) is 4.06. The number of rotatable bonds is 11. The molecule has 0 heterocycles. The van der Waals surface area contributed by atoms with E-state index in [1.807, 2.05) is 0 Å². The average molecular weight is 616 g/mol. The van der Waals surface area contributed by atoms with Crippen molar-refractivity contribution < 1.29 is 104 Å². The van der Waals surface area contributed by atoms with Gasteiger partial charge in [0.1, 0.15) is 0 Å². The van der Waals surface area contributed by atoms with Crippen LogP contribution in [-0.4, -0.2) is 87.6 Å². The van der Waals surface area contributed by atoms with Gasteiger partial charge >= 0.3 is 59.5 Å². The molecule has 38 heavy (non-hydrogen) atoms. The van der Waals surface area contributed by atoms with Crippen LogP contribution in [0.2, 0.25) is 0 Å². The lowest BCUT2D eigenvalue weighted by Crippen LogP contribution is -2.75. The summed E-state index contributed by atoms with van der Waals surface area (Å²) in [5.41, 5.74) is 0. The summed E-state index contributed by atoms with van der Waals surface area (Å²) in [4.78, 5) is 9.25. The molecule has 0 aliphatic rings. The number of alkyl halides is 19. The van der Waals surface area contributed by atoms with Gasteiger partial charge in [-0.3, -0.25) is 0 Å². The molecule has 0 fully saturated rings. The highest BCUT2D eigenvalue weighted by Gasteiger charge is 2.96. The summed E-state index contributed by atoms with van der Waals surface area (Å²) in [6, 6.07) is 0. The van der Waals surface area contributed by atoms with E-state index in [0.717, 1.165) is 6.08 Å². The zero-order chi connectivity index (χ0) is 31.8. The van der Waals surface area contributed by atoms with Crippen molar-refractivity contribution in [2.75, 3.05) is 6.61 Å². The molecule has 0 spiro atoms. The first-order chi connectivity index (χ1) is 16.2. The number of carbonyl (C=O) groups is 1. The molecular weight excluding hydrogens is 605 g/mol. The SMILES string of the molecule is C=CC(=O)O.OCC(O)CC(F)(F)C(F)(F)C(F)(F)C(F)(F)C(F)(F)C(F)(F)C(F)(F)C(F)(F)C(F)(F)F. The van der Waals surface area contributed by atoms with Crippen LogP contribution in [0.1, 0.15) is 6.42 Å². The van der Waals surface area contributed by atoms with E-state index in [4.69, 9.17) is 15.3 Å². The fourth-order valence-corrected chi connectivity index (χ4v) is 1.88. The molecule has 0 amide bonds. The van der Waals surface area contributed by atoms with Crippen molar-refractivity contribution in [1.29, 1.82) is 0 Å². The van der Waals surface area contributed by atoms with Crippen LogP contribution in [-0.2, 0) is 4.79 Å². The number of aliphatic carboxylic acids is 1. The van der Waals surface area contributed by atoms with E-state index in [-0.39, 0.29) is 0 Å². The van der Waals surface area contributed by atoms with Gasteiger partial charge in [-0.1, -0.05) is 6.58 Å². The Morgan fingerprint density at radius 2 is 0.842 bits per heavy atom. The summed E-state index contributed by atoms with van der Waals surface area (Å²) in [6.07, 6.45) is -13.4. The molecule has 0 aromatic rings. The van der Waals surface area contributed by atoms with E-state index in [9.17, 15) is 88.2 Å². The minimum absolute atomic E-state index is 0.833. The predicted octanol–water partition coefficient (Wildman–Crippen LogP) is 5.63. The monoisotopic (exact) mass is 616 g/mol. The Labute approximate surface area is 196 Å². The van der Waals surface area contributed by atoms with E-state index in [1.165, 1.54) is 0 Å². The Hall–Kier alpha value is -2.20. The maximum Gasteiger partial charge on any atom is 0.460 e. The second-order valence-corrected chi connectivity index (χ2v) is 6.81. The molecule has 0 bridgehead atoms. The Balaban J connectivity index is 0. The van der Waals surface area contributed by atoms with E-state index in [2.05, 4.69) is 6.58 Å². The number of carboxylic acid groups (broad SMARTS) is 1. The molecule has 1 atom stereocenters. The molecule has 0 saturated heterocycles. The largest absolute Gasteiger partial charge is 0.478 e. The van der Waals surface area contributed by atoms with Gasteiger partial charge in [-0.05, 0) is 0 Å². The topological polar surface area (TPSA) is 77.8 Å². The Morgan fingerprint density at radius 1 is 0.605 bits per heavy atom. The summed E-state index contributed by atoms with van der Waals surface area (Å²) in [5, 5.41) is 24.3. The van der Waals surface area contributed by atoms with Crippen molar-refractivity contribution in [2.24, 2.45) is 0 Å². The highest BCUT2D eigenvalue weighted by atomic mass is 19.4. The third-order valence-corrected chi connectivity index (χ3v) is 4.06. The number of aliphatic hydroxyl groups is 2. The lowest BCUT2D eigenvalue weighted by molar-refractivity contribution is -0.469. The Bertz CT molecular complexity index is 832. The standard InChI is InChI=1S/C12H7F19O2.C3H4O2/c13-4(14,1-3(33)2-32)5(15,16)6(17,18)7(19,20)8(21,22)9(23,24)10(25,26)11(27,28)12(29,30)31;1-2-3(4)5/h3,32-33H,1-2H2;2H,1H2,(H,4,5). The van der Waals surface area contributed by atoms with E-state index >= 15 is 0 Å². The van der Waals surface area contributed by atoms with Crippen LogP contribution in [0.25, 0.3) is 0 Å². The predicted molar refractivity (Wildman–Crippen MR) is 81.2 cm³/mol. The van der Waals surface area contributed by atoms with Crippen molar-refractivity contribution in [3.05, 3.63) is 12.7 Å². The smallest absolute Gasteiger partial charge is 0.460 e. The maximum absolute atomic E-state index is 13.4. The van der Waals surface area contributed by atoms with E-state index < -0.39 is 78.7 Å². The van der Waals surface area contributed by atoms with Gasteiger partial charge in [0.05, 0.1) is 12.7 Å². The van der Waals surface area contributed by atoms with Gasteiger partial charge < -0.3 is 15.3 Å². The van der Waals surface area contributed by atoms with Crippen molar-refractivity contribution in [3.63, 3.8) is 0 Å². The third kappa shape index (κ3) is 5.86. The molecule has 0 aromatic carbocycles. The van der Waals surface area contributed by atoms with Crippen LogP contribution in [0.3, 0.4) is 0 Å². The average Bonchev–Trinajstić information content (AvgIpc) is 2.71. The highest BCUT2D eigenvalue weighted by Crippen LogP contribution is 2.65. The molecule has 4 nitrogen and oxygen atoms in total. The van der Waals surface area contributed by atoms with Crippen molar-refractivity contribution in [2.45, 2.75) is 66.1 Å². The lowest BCUT2D eigenvalue weighted by Gasteiger charge is -2.44. The fraction of sp³-hybridized carbons (Fsp3) is 0.800. The second-order valence-electron chi connectivity index (χ2n) is 6.81. The number of hydrogen-bond acceptors (Lipinski definition) is 3. The molecule has 0 radical (unpaired) electrons. The van der Waals surface area contributed by atoms with Crippen LogP contribution < -0.4 is 0 Å². The molecule has 228 valence electrons. The van der Waals surface area contributed by atoms with E-state index in [1.54, 1.807) is 0 Å². The molecular formula is C15H11F19O4. The minimum atomic E-state index is -8.98. The Kier molecular flexibility index (Phi) is 10.7. The summed E-state index contributed by atoms with van der Waals surface area (Å²) >= 11 is 0. The van der Waals surface area contributed by atoms with Gasteiger partial charge in [0.25, 0.3) is 0 Å². The molecule has 23 heteroatoms. The van der Waals surface area contributed by atoms with Crippen molar-refractivity contribution in [3.8, 4) is 0 Å². The fourth-order valence-electron chi connectivity index (χ4n) is 1.88. The first kappa shape index (κ1) is 37.9. The molecule has 0 aliphatic carbocycles. The molecule has 1 unspecified atom stereocenters. The zero-order valence-electron chi connectivity index (χ0n) is 17.2. The summed E-state index contributed by atoms with van der Waals surface area (Å²) in [6.45, 7) is 0.975. The molecule has 3 N–H and O–H groups in total. The molecule has 0 aliphatic heterocycles. The molecule has 0 rings (SSSR count). The van der Waals surface area contributed by atoms with Crippen LogP contribution in [0.4, 0.5) is 83.4 Å². The molecule has 0 saturated carbocycles. The minimum Gasteiger partial charge on any atom is -0.478 e. The number of aliphatic hydroxyl groups excluding tert-OH is 2. The lowest BCUT2D eigenvalue weighted by atomic mass is 9.86. The Morgan fingerprint density at radius 3 is 1.05 bits per heavy atom. The second kappa shape index (κ2) is 10.8.